The van der Waals surface area contributed by atoms with E-state index in [2.05, 4.69) is 0 Å². The van der Waals surface area contributed by atoms with Crippen LogP contribution in [0.15, 0.2) is 30.3 Å². The molecule has 0 aliphatic heterocycles. The number of hydrogen-bond donors (Lipinski definition) is 1. The zero-order valence-electron chi connectivity index (χ0n) is 10.7. The van der Waals surface area contributed by atoms with E-state index in [1.54, 1.807) is 7.11 Å². The predicted molar refractivity (Wildman–Crippen MR) is 67.9 cm³/mol. The molecule has 2 N–H and O–H groups in total. The molecule has 15 heavy (non-hydrogen) atoms. The summed E-state index contributed by atoms with van der Waals surface area (Å²) >= 11 is 0. The predicted octanol–water partition coefficient (Wildman–Crippen LogP) is 3.39. The molecule has 88 valence electrons. The van der Waals surface area contributed by atoms with Gasteiger partial charge in [0.15, 0.2) is 0 Å². The summed E-state index contributed by atoms with van der Waals surface area (Å²) in [7, 11) is 1.66. The van der Waals surface area contributed by atoms with E-state index in [1.165, 1.54) is 0 Å². The van der Waals surface area contributed by atoms with Crippen molar-refractivity contribution in [1.29, 1.82) is 0 Å². The van der Waals surface area contributed by atoms with Gasteiger partial charge in [-0.15, -0.1) is 0 Å². The van der Waals surface area contributed by atoms with E-state index in [0.717, 1.165) is 5.56 Å². The van der Waals surface area contributed by atoms with Crippen LogP contribution in [0.1, 0.15) is 39.3 Å². The van der Waals surface area contributed by atoms with Crippen molar-refractivity contribution >= 4 is 0 Å². The second-order valence-corrected chi connectivity index (χ2v) is 2.47. The molecule has 1 aromatic rings. The van der Waals surface area contributed by atoms with Crippen molar-refractivity contribution in [2.75, 3.05) is 13.7 Å². The van der Waals surface area contributed by atoms with Gasteiger partial charge < -0.3 is 10.5 Å². The summed E-state index contributed by atoms with van der Waals surface area (Å²) in [6, 6.07) is 9.94. The summed E-state index contributed by atoms with van der Waals surface area (Å²) in [4.78, 5) is 0. The largest absolute Gasteiger partial charge is 0.383 e. The molecule has 0 aliphatic rings. The summed E-state index contributed by atoms with van der Waals surface area (Å²) in [6.45, 7) is 8.57. The van der Waals surface area contributed by atoms with Crippen molar-refractivity contribution < 1.29 is 4.74 Å². The fourth-order valence-electron chi connectivity index (χ4n) is 0.976. The van der Waals surface area contributed by atoms with Crippen LogP contribution in [0.25, 0.3) is 0 Å². The van der Waals surface area contributed by atoms with Crippen LogP contribution in [0.5, 0.6) is 0 Å². The van der Waals surface area contributed by atoms with Crippen molar-refractivity contribution in [1.82, 2.24) is 0 Å². The molecular weight excluding hydrogens is 186 g/mol. The van der Waals surface area contributed by atoms with Gasteiger partial charge in [0.2, 0.25) is 0 Å². The van der Waals surface area contributed by atoms with E-state index >= 15 is 0 Å². The summed E-state index contributed by atoms with van der Waals surface area (Å²) in [6.07, 6.45) is 0. The second-order valence-electron chi connectivity index (χ2n) is 2.47. The lowest BCUT2D eigenvalue weighted by molar-refractivity contribution is 0.181. The normalized spacial score (nSPS) is 10.3. The Balaban J connectivity index is 0. The highest BCUT2D eigenvalue weighted by Gasteiger charge is 2.02. The minimum Gasteiger partial charge on any atom is -0.383 e. The minimum atomic E-state index is 0.00111. The summed E-state index contributed by atoms with van der Waals surface area (Å²) in [5.74, 6) is 0. The highest BCUT2D eigenvalue weighted by molar-refractivity contribution is 5.18. The fraction of sp³-hybridized carbons (Fsp3) is 0.538. The molecule has 1 aromatic carbocycles. The molecule has 0 aromatic heterocycles. The van der Waals surface area contributed by atoms with Crippen molar-refractivity contribution in [2.45, 2.75) is 33.7 Å². The van der Waals surface area contributed by atoms with Crippen molar-refractivity contribution in [3.63, 3.8) is 0 Å². The quantitative estimate of drug-likeness (QED) is 0.831. The maximum Gasteiger partial charge on any atom is 0.0655 e. The Morgan fingerprint density at radius 1 is 1.07 bits per heavy atom. The van der Waals surface area contributed by atoms with Crippen LogP contribution >= 0.6 is 0 Å². The topological polar surface area (TPSA) is 35.2 Å². The zero-order valence-corrected chi connectivity index (χ0v) is 10.7. The minimum absolute atomic E-state index is 0.00111. The highest BCUT2D eigenvalue weighted by Crippen LogP contribution is 2.08. The highest BCUT2D eigenvalue weighted by atomic mass is 16.5. The first kappa shape index (κ1) is 16.6. The number of hydrogen-bond acceptors (Lipinski definition) is 2. The van der Waals surface area contributed by atoms with Crippen LogP contribution in [0.2, 0.25) is 0 Å². The Bertz CT molecular complexity index is 199. The second kappa shape index (κ2) is 13.1. The monoisotopic (exact) mass is 211 g/mol. The van der Waals surface area contributed by atoms with Crippen LogP contribution < -0.4 is 5.73 Å². The van der Waals surface area contributed by atoms with Gasteiger partial charge >= 0.3 is 0 Å². The molecule has 2 heteroatoms. The third-order valence-corrected chi connectivity index (χ3v) is 1.57. The average Bonchev–Trinajstić information content (AvgIpc) is 2.36. The van der Waals surface area contributed by atoms with Gasteiger partial charge in [-0.2, -0.15) is 0 Å². The summed E-state index contributed by atoms with van der Waals surface area (Å²) in [5, 5.41) is 0. The Morgan fingerprint density at radius 3 is 1.93 bits per heavy atom. The van der Waals surface area contributed by atoms with Crippen LogP contribution in [0.4, 0.5) is 0 Å². The van der Waals surface area contributed by atoms with Gasteiger partial charge in [-0.05, 0) is 5.56 Å². The van der Waals surface area contributed by atoms with Gasteiger partial charge in [-0.25, -0.2) is 0 Å². The SMILES string of the molecule is CC.CC.COCC(N)c1ccccc1. The molecule has 0 fully saturated rings. The van der Waals surface area contributed by atoms with Gasteiger partial charge in [-0.3, -0.25) is 0 Å². The van der Waals surface area contributed by atoms with Gasteiger partial charge in [0.25, 0.3) is 0 Å². The van der Waals surface area contributed by atoms with E-state index < -0.39 is 0 Å². The molecule has 1 rings (SSSR count). The van der Waals surface area contributed by atoms with Crippen LogP contribution in [0, 0.1) is 0 Å². The molecule has 0 spiro atoms. The van der Waals surface area contributed by atoms with Gasteiger partial charge in [0, 0.05) is 7.11 Å². The van der Waals surface area contributed by atoms with E-state index in [1.807, 2.05) is 58.0 Å². The van der Waals surface area contributed by atoms with E-state index in [4.69, 9.17) is 10.5 Å². The Morgan fingerprint density at radius 2 is 1.53 bits per heavy atom. The molecule has 0 aliphatic carbocycles. The Hall–Kier alpha value is -0.860. The first-order valence-corrected chi connectivity index (χ1v) is 5.64. The third-order valence-electron chi connectivity index (χ3n) is 1.57. The lowest BCUT2D eigenvalue weighted by Gasteiger charge is -2.09. The molecule has 2 nitrogen and oxygen atoms in total. The first-order valence-electron chi connectivity index (χ1n) is 5.64. The number of methoxy groups -OCH3 is 1. The standard InChI is InChI=1S/C9H13NO.2C2H6/c1-11-7-9(10)8-5-3-2-4-6-8;2*1-2/h2-6,9H,7,10H2,1H3;2*1-2H3. The fourth-order valence-corrected chi connectivity index (χ4v) is 0.976. The lowest BCUT2D eigenvalue weighted by atomic mass is 10.1. The molecule has 1 unspecified atom stereocenters. The van der Waals surface area contributed by atoms with Crippen molar-refractivity contribution in [3.05, 3.63) is 35.9 Å². The Kier molecular flexibility index (Phi) is 14.5. The van der Waals surface area contributed by atoms with Crippen LogP contribution in [-0.4, -0.2) is 13.7 Å². The maximum absolute atomic E-state index is 5.78. The average molecular weight is 211 g/mol. The molecule has 0 bridgehead atoms. The van der Waals surface area contributed by atoms with E-state index in [0.29, 0.717) is 6.61 Å². The molecule has 0 saturated carbocycles. The number of nitrogens with two attached hydrogens (primary N) is 1. The third kappa shape index (κ3) is 8.16. The van der Waals surface area contributed by atoms with Gasteiger partial charge in [0.05, 0.1) is 12.6 Å². The molecule has 0 radical (unpaired) electrons. The smallest absolute Gasteiger partial charge is 0.0655 e. The summed E-state index contributed by atoms with van der Waals surface area (Å²) in [5.41, 5.74) is 6.90. The van der Waals surface area contributed by atoms with Crippen LogP contribution in [0.3, 0.4) is 0 Å². The van der Waals surface area contributed by atoms with Crippen LogP contribution in [-0.2, 0) is 4.74 Å². The number of benzene rings is 1. The molecule has 0 heterocycles. The van der Waals surface area contributed by atoms with Crippen molar-refractivity contribution in [3.8, 4) is 0 Å². The molecular formula is C13H25NO. The van der Waals surface area contributed by atoms with Gasteiger partial charge in [-0.1, -0.05) is 58.0 Å². The van der Waals surface area contributed by atoms with E-state index in [-0.39, 0.29) is 6.04 Å². The Labute approximate surface area is 94.5 Å². The molecule has 0 saturated heterocycles. The molecule has 0 amide bonds. The lowest BCUT2D eigenvalue weighted by Crippen LogP contribution is -2.15. The van der Waals surface area contributed by atoms with E-state index in [9.17, 15) is 0 Å². The molecule has 1 atom stereocenters. The van der Waals surface area contributed by atoms with Gasteiger partial charge in [0.1, 0.15) is 0 Å². The summed E-state index contributed by atoms with van der Waals surface area (Å²) < 4.78 is 4.93. The maximum atomic E-state index is 5.78. The first-order chi connectivity index (χ1) is 7.34. The zero-order chi connectivity index (χ0) is 12.1. The van der Waals surface area contributed by atoms with Crippen molar-refractivity contribution in [2.24, 2.45) is 5.73 Å². The number of rotatable bonds is 3. The number of ether oxygens (including phenoxy) is 1.